The van der Waals surface area contributed by atoms with E-state index in [0.29, 0.717) is 11.8 Å². The average molecular weight is 403 g/mol. The number of piperazine rings is 1. The van der Waals surface area contributed by atoms with Gasteiger partial charge in [-0.15, -0.1) is 0 Å². The lowest BCUT2D eigenvalue weighted by Gasteiger charge is -2.36. The Kier molecular flexibility index (Phi) is 4.57. The predicted molar refractivity (Wildman–Crippen MR) is 122 cm³/mol. The zero-order valence-electron chi connectivity index (χ0n) is 18.1. The summed E-state index contributed by atoms with van der Waals surface area (Å²) in [5.74, 6) is 0.665. The number of nitrogens with zero attached hydrogens (tertiary/aromatic N) is 3. The second-order valence-corrected chi connectivity index (χ2v) is 9.69. The topological polar surface area (TPSA) is 52.2 Å². The minimum atomic E-state index is 0.150. The molecule has 2 fully saturated rings. The zero-order valence-corrected chi connectivity index (χ0v) is 18.1. The maximum atomic E-state index is 12.4. The number of aromatic nitrogens is 2. The molecule has 0 radical (unpaired) electrons. The summed E-state index contributed by atoms with van der Waals surface area (Å²) in [5.41, 5.74) is 5.86. The van der Waals surface area contributed by atoms with Crippen molar-refractivity contribution in [2.24, 2.45) is 5.92 Å². The smallest absolute Gasteiger partial charge is 0.225 e. The Morgan fingerprint density at radius 1 is 1.03 bits per heavy atom. The SMILES string of the molecule is CC(C)(C)c1ccc(-c2cc3c(N4CCN(C(=O)C5CC5)CC4)ccnc3[nH]2)cc1. The largest absolute Gasteiger partial charge is 0.367 e. The molecule has 1 aliphatic heterocycles. The van der Waals surface area contributed by atoms with Gasteiger partial charge in [0.2, 0.25) is 5.91 Å². The first kappa shape index (κ1) is 19.2. The van der Waals surface area contributed by atoms with Gasteiger partial charge in [0, 0.05) is 55.1 Å². The summed E-state index contributed by atoms with van der Waals surface area (Å²) in [6.45, 7) is 10.1. The van der Waals surface area contributed by atoms with Gasteiger partial charge in [-0.3, -0.25) is 4.79 Å². The Morgan fingerprint density at radius 2 is 1.73 bits per heavy atom. The number of rotatable bonds is 3. The van der Waals surface area contributed by atoms with Crippen molar-refractivity contribution in [2.75, 3.05) is 31.1 Å². The third-order valence-electron chi connectivity index (χ3n) is 6.43. The van der Waals surface area contributed by atoms with Gasteiger partial charge < -0.3 is 14.8 Å². The van der Waals surface area contributed by atoms with Crippen molar-refractivity contribution in [2.45, 2.75) is 39.0 Å². The van der Waals surface area contributed by atoms with Crippen LogP contribution in [0.15, 0.2) is 42.6 Å². The highest BCUT2D eigenvalue weighted by Gasteiger charge is 2.34. The van der Waals surface area contributed by atoms with Gasteiger partial charge in [0.15, 0.2) is 0 Å². The number of pyridine rings is 1. The number of amides is 1. The van der Waals surface area contributed by atoms with E-state index in [-0.39, 0.29) is 5.41 Å². The lowest BCUT2D eigenvalue weighted by Crippen LogP contribution is -2.49. The molecule has 2 aromatic heterocycles. The Bertz CT molecular complexity index is 1060. The molecular formula is C25H30N4O. The Labute approximate surface area is 178 Å². The number of benzene rings is 1. The van der Waals surface area contributed by atoms with Crippen molar-refractivity contribution in [3.8, 4) is 11.3 Å². The highest BCUT2D eigenvalue weighted by atomic mass is 16.2. The van der Waals surface area contributed by atoms with E-state index in [1.54, 1.807) is 0 Å². The van der Waals surface area contributed by atoms with Crippen LogP contribution in [0, 0.1) is 5.92 Å². The summed E-state index contributed by atoms with van der Waals surface area (Å²) in [6, 6.07) is 13.1. The van der Waals surface area contributed by atoms with Gasteiger partial charge in [-0.25, -0.2) is 4.98 Å². The first-order valence-electron chi connectivity index (χ1n) is 11.0. The van der Waals surface area contributed by atoms with Crippen LogP contribution in [-0.4, -0.2) is 47.0 Å². The van der Waals surface area contributed by atoms with Gasteiger partial charge in [-0.1, -0.05) is 45.0 Å². The van der Waals surface area contributed by atoms with Crippen LogP contribution in [0.4, 0.5) is 5.69 Å². The minimum Gasteiger partial charge on any atom is -0.367 e. The fourth-order valence-corrected chi connectivity index (χ4v) is 4.35. The number of carbonyl (C=O) groups excluding carboxylic acids is 1. The van der Waals surface area contributed by atoms with Crippen LogP contribution in [-0.2, 0) is 10.2 Å². The maximum absolute atomic E-state index is 12.4. The van der Waals surface area contributed by atoms with E-state index in [9.17, 15) is 4.79 Å². The molecule has 3 aromatic rings. The Morgan fingerprint density at radius 3 is 2.37 bits per heavy atom. The van der Waals surface area contributed by atoms with E-state index in [1.807, 2.05) is 11.1 Å². The standard InChI is InChI=1S/C25H30N4O/c1-25(2,3)19-8-6-17(7-9-19)21-16-20-22(10-11-26-23(20)27-21)28-12-14-29(15-13-28)24(30)18-4-5-18/h6-11,16,18H,4-5,12-15H2,1-3H3,(H,26,27). The van der Waals surface area contributed by atoms with E-state index in [0.717, 1.165) is 55.7 Å². The average Bonchev–Trinajstić information content (AvgIpc) is 3.50. The molecule has 0 atom stereocenters. The predicted octanol–water partition coefficient (Wildman–Crippen LogP) is 4.59. The van der Waals surface area contributed by atoms with E-state index in [1.165, 1.54) is 16.8 Å². The molecule has 1 aromatic carbocycles. The summed E-state index contributed by atoms with van der Waals surface area (Å²) >= 11 is 0. The first-order valence-corrected chi connectivity index (χ1v) is 11.0. The molecule has 5 heteroatoms. The van der Waals surface area contributed by atoms with Gasteiger partial charge in [-0.05, 0) is 41.5 Å². The molecule has 1 aliphatic carbocycles. The Hall–Kier alpha value is -2.82. The van der Waals surface area contributed by atoms with Crippen LogP contribution >= 0.6 is 0 Å². The molecule has 0 bridgehead atoms. The van der Waals surface area contributed by atoms with Crippen molar-refractivity contribution < 1.29 is 4.79 Å². The number of hydrogen-bond acceptors (Lipinski definition) is 3. The summed E-state index contributed by atoms with van der Waals surface area (Å²) < 4.78 is 0. The molecule has 2 aliphatic rings. The molecule has 156 valence electrons. The molecule has 0 spiro atoms. The van der Waals surface area contributed by atoms with Crippen LogP contribution < -0.4 is 4.90 Å². The molecule has 3 heterocycles. The van der Waals surface area contributed by atoms with E-state index in [4.69, 9.17) is 0 Å². The highest BCUT2D eigenvalue weighted by Crippen LogP contribution is 2.34. The number of fused-ring (bicyclic) bond motifs is 1. The van der Waals surface area contributed by atoms with Crippen molar-refractivity contribution >= 4 is 22.6 Å². The van der Waals surface area contributed by atoms with E-state index < -0.39 is 0 Å². The van der Waals surface area contributed by atoms with Gasteiger partial charge >= 0.3 is 0 Å². The summed E-state index contributed by atoms with van der Waals surface area (Å²) in [6.07, 6.45) is 4.03. The summed E-state index contributed by atoms with van der Waals surface area (Å²) in [7, 11) is 0. The molecule has 30 heavy (non-hydrogen) atoms. The van der Waals surface area contributed by atoms with E-state index >= 15 is 0 Å². The first-order chi connectivity index (χ1) is 14.4. The Balaban J connectivity index is 1.38. The maximum Gasteiger partial charge on any atom is 0.225 e. The fraction of sp³-hybridized carbons (Fsp3) is 0.440. The summed E-state index contributed by atoms with van der Waals surface area (Å²) in [5, 5.41) is 1.15. The number of aromatic amines is 1. The van der Waals surface area contributed by atoms with Gasteiger partial charge in [0.05, 0.1) is 0 Å². The van der Waals surface area contributed by atoms with Crippen molar-refractivity contribution in [3.05, 3.63) is 48.2 Å². The molecule has 1 saturated carbocycles. The second-order valence-electron chi connectivity index (χ2n) is 9.69. The zero-order chi connectivity index (χ0) is 20.9. The molecule has 5 nitrogen and oxygen atoms in total. The molecule has 1 N–H and O–H groups in total. The van der Waals surface area contributed by atoms with Crippen LogP contribution in [0.2, 0.25) is 0 Å². The molecule has 1 saturated heterocycles. The van der Waals surface area contributed by atoms with Crippen molar-refractivity contribution in [1.82, 2.24) is 14.9 Å². The molecule has 5 rings (SSSR count). The van der Waals surface area contributed by atoms with Crippen molar-refractivity contribution in [1.29, 1.82) is 0 Å². The van der Waals surface area contributed by atoms with Crippen LogP contribution in [0.5, 0.6) is 0 Å². The number of nitrogens with one attached hydrogen (secondary N) is 1. The number of carbonyl (C=O) groups is 1. The van der Waals surface area contributed by atoms with Gasteiger partial charge in [-0.2, -0.15) is 0 Å². The number of H-pyrrole nitrogens is 1. The fourth-order valence-electron chi connectivity index (χ4n) is 4.35. The highest BCUT2D eigenvalue weighted by molar-refractivity contribution is 5.94. The van der Waals surface area contributed by atoms with Crippen LogP contribution in [0.3, 0.4) is 0 Å². The normalized spacial score (nSPS) is 17.6. The van der Waals surface area contributed by atoms with Crippen LogP contribution in [0.25, 0.3) is 22.3 Å². The third kappa shape index (κ3) is 3.57. The number of hydrogen-bond donors (Lipinski definition) is 1. The number of anilines is 1. The quantitative estimate of drug-likeness (QED) is 0.697. The molecular weight excluding hydrogens is 372 g/mol. The van der Waals surface area contributed by atoms with Crippen LogP contribution in [0.1, 0.15) is 39.2 Å². The minimum absolute atomic E-state index is 0.150. The molecule has 1 amide bonds. The van der Waals surface area contributed by atoms with E-state index in [2.05, 4.69) is 72.0 Å². The van der Waals surface area contributed by atoms with Crippen molar-refractivity contribution in [3.63, 3.8) is 0 Å². The lowest BCUT2D eigenvalue weighted by molar-refractivity contribution is -0.132. The monoisotopic (exact) mass is 402 g/mol. The van der Waals surface area contributed by atoms with Gasteiger partial charge in [0.25, 0.3) is 0 Å². The summed E-state index contributed by atoms with van der Waals surface area (Å²) in [4.78, 5) is 24.9. The second kappa shape index (κ2) is 7.15. The van der Waals surface area contributed by atoms with Gasteiger partial charge in [0.1, 0.15) is 5.65 Å². The third-order valence-corrected chi connectivity index (χ3v) is 6.43. The molecule has 0 unspecified atom stereocenters. The lowest BCUT2D eigenvalue weighted by atomic mass is 9.86.